The number of hydrogen-bond donors (Lipinski definition) is 0. The monoisotopic (exact) mass is 453 g/mol. The quantitative estimate of drug-likeness (QED) is 0.273. The molecule has 7 aromatic rings. The van der Waals surface area contributed by atoms with E-state index in [1.165, 1.54) is 49.2 Å². The summed E-state index contributed by atoms with van der Waals surface area (Å²) in [5.74, 6) is 0.953. The SMILES string of the molecule is Cn1c2ccccc2c2cccc(-c3ccnc(-c4cccc5c6ccccc6n(C)c45)[n+]3C)c21. The molecule has 0 unspecified atom stereocenters. The summed E-state index contributed by atoms with van der Waals surface area (Å²) >= 11 is 0. The van der Waals surface area contributed by atoms with Gasteiger partial charge >= 0.3 is 5.82 Å². The minimum Gasteiger partial charge on any atom is -0.343 e. The van der Waals surface area contributed by atoms with Crippen LogP contribution >= 0.6 is 0 Å². The first-order chi connectivity index (χ1) is 17.1. The van der Waals surface area contributed by atoms with E-state index < -0.39 is 0 Å². The van der Waals surface area contributed by atoms with Crippen molar-refractivity contribution in [2.24, 2.45) is 21.1 Å². The summed E-state index contributed by atoms with van der Waals surface area (Å²) in [6, 6.07) is 32.5. The highest BCUT2D eigenvalue weighted by molar-refractivity contribution is 6.13. The molecule has 0 atom stereocenters. The normalized spacial score (nSPS) is 11.9. The van der Waals surface area contributed by atoms with E-state index >= 15 is 0 Å². The minimum atomic E-state index is 0.953. The molecule has 4 heteroatoms. The van der Waals surface area contributed by atoms with Crippen LogP contribution in [0.5, 0.6) is 0 Å². The van der Waals surface area contributed by atoms with Crippen molar-refractivity contribution in [3.8, 4) is 22.6 Å². The van der Waals surface area contributed by atoms with Gasteiger partial charge in [0.15, 0.2) is 0 Å². The summed E-state index contributed by atoms with van der Waals surface area (Å²) in [6.07, 6.45) is 1.94. The Labute approximate surface area is 203 Å². The molecular weight excluding hydrogens is 428 g/mol. The third-order valence-electron chi connectivity index (χ3n) is 7.48. The lowest BCUT2D eigenvalue weighted by molar-refractivity contribution is -0.651. The predicted molar refractivity (Wildman–Crippen MR) is 144 cm³/mol. The maximum Gasteiger partial charge on any atom is 0.332 e. The van der Waals surface area contributed by atoms with Crippen molar-refractivity contribution in [2.75, 3.05) is 0 Å². The summed E-state index contributed by atoms with van der Waals surface area (Å²) in [6.45, 7) is 0. The van der Waals surface area contributed by atoms with Crippen molar-refractivity contribution < 1.29 is 4.57 Å². The molecule has 0 N–H and O–H groups in total. The Morgan fingerprint density at radius 1 is 0.571 bits per heavy atom. The average molecular weight is 454 g/mol. The zero-order chi connectivity index (χ0) is 23.7. The fourth-order valence-corrected chi connectivity index (χ4v) is 5.87. The maximum atomic E-state index is 4.88. The molecule has 0 spiro atoms. The Hall–Kier alpha value is -4.44. The summed E-state index contributed by atoms with van der Waals surface area (Å²) in [5.41, 5.74) is 8.40. The van der Waals surface area contributed by atoms with Crippen LogP contribution < -0.4 is 4.57 Å². The van der Waals surface area contributed by atoms with Crippen molar-refractivity contribution in [2.45, 2.75) is 0 Å². The number of aryl methyl sites for hydroxylation is 2. The van der Waals surface area contributed by atoms with Crippen LogP contribution in [0.25, 0.3) is 66.3 Å². The molecule has 0 amide bonds. The van der Waals surface area contributed by atoms with Crippen LogP contribution in [-0.4, -0.2) is 14.1 Å². The van der Waals surface area contributed by atoms with Crippen LogP contribution in [0.4, 0.5) is 0 Å². The number of rotatable bonds is 2. The molecule has 3 aromatic heterocycles. The second-order valence-electron chi connectivity index (χ2n) is 9.27. The standard InChI is InChI=1S/C31H25N4/c1-33-26-16-6-4-10-20(26)22-12-8-14-24(29(22)33)28-18-19-32-31(35(28)3)25-15-9-13-23-21-11-5-7-17-27(21)34(2)30(23)25/h4-19H,1-3H3/q+1. The molecule has 3 heterocycles. The molecule has 0 saturated heterocycles. The topological polar surface area (TPSA) is 26.6 Å². The van der Waals surface area contributed by atoms with Gasteiger partial charge in [0.05, 0.1) is 23.6 Å². The molecule has 0 aliphatic heterocycles. The van der Waals surface area contributed by atoms with Gasteiger partial charge in [-0.2, -0.15) is 0 Å². The molecule has 0 bridgehead atoms. The highest BCUT2D eigenvalue weighted by atomic mass is 15.0. The van der Waals surface area contributed by atoms with E-state index in [0.29, 0.717) is 0 Å². The number of aromatic nitrogens is 4. The van der Waals surface area contributed by atoms with Crippen molar-refractivity contribution >= 4 is 43.6 Å². The fraction of sp³-hybridized carbons (Fsp3) is 0.0968. The third kappa shape index (κ3) is 2.68. The number of fused-ring (bicyclic) bond motifs is 6. The van der Waals surface area contributed by atoms with Crippen LogP contribution in [0.3, 0.4) is 0 Å². The highest BCUT2D eigenvalue weighted by Crippen LogP contribution is 2.36. The average Bonchev–Trinajstić information content (AvgIpc) is 3.36. The van der Waals surface area contributed by atoms with Gasteiger partial charge in [0.2, 0.25) is 0 Å². The Bertz CT molecular complexity index is 1800. The second-order valence-corrected chi connectivity index (χ2v) is 9.27. The van der Waals surface area contributed by atoms with Gasteiger partial charge in [0.25, 0.3) is 0 Å². The fourth-order valence-electron chi connectivity index (χ4n) is 5.87. The van der Waals surface area contributed by atoms with E-state index in [9.17, 15) is 0 Å². The van der Waals surface area contributed by atoms with E-state index in [-0.39, 0.29) is 0 Å². The number of benzene rings is 4. The van der Waals surface area contributed by atoms with E-state index in [2.05, 4.69) is 126 Å². The lowest BCUT2D eigenvalue weighted by atomic mass is 10.0. The molecule has 4 nitrogen and oxygen atoms in total. The number of hydrogen-bond acceptors (Lipinski definition) is 1. The minimum absolute atomic E-state index is 0.953. The van der Waals surface area contributed by atoms with Crippen LogP contribution in [0.2, 0.25) is 0 Å². The largest absolute Gasteiger partial charge is 0.343 e. The lowest BCUT2D eigenvalue weighted by Crippen LogP contribution is -2.35. The molecule has 35 heavy (non-hydrogen) atoms. The number of nitrogens with zero attached hydrogens (tertiary/aromatic N) is 4. The van der Waals surface area contributed by atoms with Crippen molar-refractivity contribution in [1.29, 1.82) is 0 Å². The predicted octanol–water partition coefficient (Wildman–Crippen LogP) is 6.53. The zero-order valence-corrected chi connectivity index (χ0v) is 20.0. The molecule has 7 rings (SSSR count). The lowest BCUT2D eigenvalue weighted by Gasteiger charge is -2.10. The molecule has 0 aliphatic carbocycles. The first kappa shape index (κ1) is 20.0. The summed E-state index contributed by atoms with van der Waals surface area (Å²) in [7, 11) is 6.43. The van der Waals surface area contributed by atoms with Crippen molar-refractivity contribution in [1.82, 2.24) is 14.1 Å². The van der Waals surface area contributed by atoms with Gasteiger partial charge in [0, 0.05) is 58.3 Å². The smallest absolute Gasteiger partial charge is 0.332 e. The second kappa shape index (κ2) is 7.28. The van der Waals surface area contributed by atoms with E-state index in [0.717, 1.165) is 17.1 Å². The van der Waals surface area contributed by atoms with Crippen molar-refractivity contribution in [3.63, 3.8) is 0 Å². The Balaban J connectivity index is 1.53. The first-order valence-electron chi connectivity index (χ1n) is 11.9. The third-order valence-corrected chi connectivity index (χ3v) is 7.48. The van der Waals surface area contributed by atoms with Crippen LogP contribution in [0.15, 0.2) is 97.2 Å². The molecule has 4 aromatic carbocycles. The summed E-state index contributed by atoms with van der Waals surface area (Å²) < 4.78 is 6.84. The maximum absolute atomic E-state index is 4.88. The van der Waals surface area contributed by atoms with Gasteiger partial charge in [-0.15, -0.1) is 0 Å². The molecule has 0 aliphatic rings. The van der Waals surface area contributed by atoms with Gasteiger partial charge in [-0.05, 0) is 29.2 Å². The van der Waals surface area contributed by atoms with Crippen LogP contribution in [0.1, 0.15) is 0 Å². The van der Waals surface area contributed by atoms with Gasteiger partial charge < -0.3 is 9.13 Å². The van der Waals surface area contributed by atoms with E-state index in [1.54, 1.807) is 0 Å². The Morgan fingerprint density at radius 3 is 1.71 bits per heavy atom. The zero-order valence-electron chi connectivity index (χ0n) is 20.0. The van der Waals surface area contributed by atoms with Gasteiger partial charge in [-0.1, -0.05) is 60.7 Å². The molecule has 0 radical (unpaired) electrons. The molecule has 0 fully saturated rings. The van der Waals surface area contributed by atoms with E-state index in [1.807, 2.05) is 6.20 Å². The number of para-hydroxylation sites is 4. The van der Waals surface area contributed by atoms with Crippen LogP contribution in [-0.2, 0) is 21.1 Å². The first-order valence-corrected chi connectivity index (χ1v) is 11.9. The molecule has 168 valence electrons. The van der Waals surface area contributed by atoms with E-state index in [4.69, 9.17) is 4.98 Å². The van der Waals surface area contributed by atoms with Gasteiger partial charge in [0.1, 0.15) is 11.9 Å². The summed E-state index contributed by atoms with van der Waals surface area (Å²) in [5, 5.41) is 5.08. The van der Waals surface area contributed by atoms with Crippen LogP contribution in [0, 0.1) is 0 Å². The summed E-state index contributed by atoms with van der Waals surface area (Å²) in [4.78, 5) is 4.88. The molecule has 0 saturated carbocycles. The Morgan fingerprint density at radius 2 is 1.09 bits per heavy atom. The Kier molecular flexibility index (Phi) is 4.15. The van der Waals surface area contributed by atoms with Crippen molar-refractivity contribution in [3.05, 3.63) is 97.2 Å². The molecular formula is C31H25N4+. The highest BCUT2D eigenvalue weighted by Gasteiger charge is 2.24. The van der Waals surface area contributed by atoms with Gasteiger partial charge in [-0.3, -0.25) is 0 Å². The van der Waals surface area contributed by atoms with Gasteiger partial charge in [-0.25, -0.2) is 4.57 Å².